The molecule has 2 amide bonds. The van der Waals surface area contributed by atoms with E-state index < -0.39 is 0 Å². The van der Waals surface area contributed by atoms with Gasteiger partial charge in [-0.05, 0) is 36.8 Å². The topological polar surface area (TPSA) is 63.4 Å². The number of hydrogen-bond donors (Lipinski definition) is 1. The van der Waals surface area contributed by atoms with Crippen molar-refractivity contribution in [2.45, 2.75) is 11.8 Å². The number of imide groups is 1. The van der Waals surface area contributed by atoms with E-state index in [0.717, 1.165) is 10.5 Å². The van der Waals surface area contributed by atoms with E-state index in [4.69, 9.17) is 5.73 Å². The molecule has 2 aromatic rings. The lowest BCUT2D eigenvalue weighted by molar-refractivity contribution is 0.0684. The van der Waals surface area contributed by atoms with E-state index in [1.807, 2.05) is 25.1 Å². The molecule has 5 heteroatoms. The summed E-state index contributed by atoms with van der Waals surface area (Å²) >= 11 is 1.44. The van der Waals surface area contributed by atoms with Gasteiger partial charge in [-0.3, -0.25) is 14.5 Å². The van der Waals surface area contributed by atoms with Crippen molar-refractivity contribution in [3.8, 4) is 0 Å². The van der Waals surface area contributed by atoms with E-state index in [-0.39, 0.29) is 17.7 Å². The van der Waals surface area contributed by atoms with E-state index in [9.17, 15) is 9.59 Å². The molecule has 1 heterocycles. The Morgan fingerprint density at radius 3 is 2.29 bits per heavy atom. The molecule has 0 aliphatic carbocycles. The molecule has 21 heavy (non-hydrogen) atoms. The Bertz CT molecular complexity index is 708. The molecule has 106 valence electrons. The van der Waals surface area contributed by atoms with Crippen LogP contribution >= 0.6 is 11.8 Å². The van der Waals surface area contributed by atoms with Crippen LogP contribution < -0.4 is 5.73 Å². The number of hydrogen-bond acceptors (Lipinski definition) is 4. The van der Waals surface area contributed by atoms with Crippen LogP contribution in [-0.4, -0.2) is 22.6 Å². The van der Waals surface area contributed by atoms with Crippen molar-refractivity contribution in [1.82, 2.24) is 4.90 Å². The maximum atomic E-state index is 12.2. The van der Waals surface area contributed by atoms with Gasteiger partial charge in [0.2, 0.25) is 0 Å². The standard InChI is InChI=1S/C16H14N2O2S/c1-10-6-7-11(17)8-14(10)21-9-18-15(19)12-4-2-3-5-13(12)16(18)20/h2-8H,9,17H2,1H3. The highest BCUT2D eigenvalue weighted by molar-refractivity contribution is 7.99. The van der Waals surface area contributed by atoms with Crippen molar-refractivity contribution in [3.05, 3.63) is 59.2 Å². The zero-order chi connectivity index (χ0) is 15.0. The molecule has 0 atom stereocenters. The third kappa shape index (κ3) is 2.40. The Balaban J connectivity index is 1.80. The Hall–Kier alpha value is -2.27. The average Bonchev–Trinajstić information content (AvgIpc) is 2.73. The number of fused-ring (bicyclic) bond motifs is 1. The Morgan fingerprint density at radius 2 is 1.67 bits per heavy atom. The molecule has 2 N–H and O–H groups in total. The molecule has 0 aromatic heterocycles. The first-order valence-corrected chi connectivity index (χ1v) is 7.50. The minimum Gasteiger partial charge on any atom is -0.399 e. The number of nitrogens with zero attached hydrogens (tertiary/aromatic N) is 1. The molecule has 0 fully saturated rings. The zero-order valence-corrected chi connectivity index (χ0v) is 12.3. The molecule has 4 nitrogen and oxygen atoms in total. The highest BCUT2D eigenvalue weighted by atomic mass is 32.2. The minimum atomic E-state index is -0.232. The van der Waals surface area contributed by atoms with Crippen molar-refractivity contribution < 1.29 is 9.59 Å². The van der Waals surface area contributed by atoms with Gasteiger partial charge in [0.1, 0.15) is 0 Å². The van der Waals surface area contributed by atoms with Gasteiger partial charge in [0.05, 0.1) is 17.0 Å². The zero-order valence-electron chi connectivity index (χ0n) is 11.5. The molecule has 0 saturated carbocycles. The monoisotopic (exact) mass is 298 g/mol. The predicted octanol–water partition coefficient (Wildman–Crippen LogP) is 2.92. The first-order valence-electron chi connectivity index (χ1n) is 6.52. The number of amides is 2. The quantitative estimate of drug-likeness (QED) is 0.537. The second-order valence-electron chi connectivity index (χ2n) is 4.88. The summed E-state index contributed by atoms with van der Waals surface area (Å²) in [6.45, 7) is 1.98. The smallest absolute Gasteiger partial charge is 0.262 e. The summed E-state index contributed by atoms with van der Waals surface area (Å²) in [5.74, 6) is -0.175. The molecular formula is C16H14N2O2S. The number of nitrogens with two attached hydrogens (primary N) is 1. The number of carbonyl (C=O) groups excluding carboxylic acids is 2. The number of benzene rings is 2. The number of anilines is 1. The second-order valence-corrected chi connectivity index (χ2v) is 5.87. The molecule has 1 aliphatic rings. The van der Waals surface area contributed by atoms with Gasteiger partial charge in [-0.25, -0.2) is 0 Å². The molecule has 0 spiro atoms. The molecule has 3 rings (SSSR count). The predicted molar refractivity (Wildman–Crippen MR) is 83.3 cm³/mol. The van der Waals surface area contributed by atoms with E-state index in [1.54, 1.807) is 24.3 Å². The van der Waals surface area contributed by atoms with Crippen LogP contribution in [0.15, 0.2) is 47.4 Å². The lowest BCUT2D eigenvalue weighted by Crippen LogP contribution is -2.29. The summed E-state index contributed by atoms with van der Waals surface area (Å²) in [6, 6.07) is 12.5. The third-order valence-corrected chi connectivity index (χ3v) is 4.58. The molecule has 0 unspecified atom stereocenters. The molecule has 1 aliphatic heterocycles. The van der Waals surface area contributed by atoms with E-state index in [2.05, 4.69) is 0 Å². The van der Waals surface area contributed by atoms with Gasteiger partial charge in [0.25, 0.3) is 11.8 Å². The maximum absolute atomic E-state index is 12.2. The maximum Gasteiger partial charge on any atom is 0.262 e. The molecule has 2 aromatic carbocycles. The Morgan fingerprint density at radius 1 is 1.05 bits per heavy atom. The van der Waals surface area contributed by atoms with Crippen LogP contribution in [0.2, 0.25) is 0 Å². The fraction of sp³-hybridized carbons (Fsp3) is 0.125. The van der Waals surface area contributed by atoms with Crippen molar-refractivity contribution in [2.75, 3.05) is 11.6 Å². The summed E-state index contributed by atoms with van der Waals surface area (Å²) in [5.41, 5.74) is 8.48. The normalized spacial score (nSPS) is 13.7. The van der Waals surface area contributed by atoms with Gasteiger partial charge >= 0.3 is 0 Å². The van der Waals surface area contributed by atoms with Gasteiger partial charge in [-0.1, -0.05) is 18.2 Å². The lowest BCUT2D eigenvalue weighted by Gasteiger charge is -2.14. The summed E-state index contributed by atoms with van der Waals surface area (Å²) in [4.78, 5) is 26.7. The second kappa shape index (κ2) is 5.26. The van der Waals surface area contributed by atoms with Crippen LogP contribution in [0, 0.1) is 6.92 Å². The minimum absolute atomic E-state index is 0.232. The molecule has 0 radical (unpaired) electrons. The van der Waals surface area contributed by atoms with Crippen LogP contribution in [0.3, 0.4) is 0 Å². The number of rotatable bonds is 3. The van der Waals surface area contributed by atoms with Gasteiger partial charge in [0, 0.05) is 10.6 Å². The van der Waals surface area contributed by atoms with Crippen LogP contribution in [0.25, 0.3) is 0 Å². The van der Waals surface area contributed by atoms with Gasteiger partial charge < -0.3 is 5.73 Å². The Labute approximate surface area is 126 Å². The van der Waals surface area contributed by atoms with Crippen LogP contribution in [-0.2, 0) is 0 Å². The van der Waals surface area contributed by atoms with Crippen molar-refractivity contribution >= 4 is 29.3 Å². The fourth-order valence-electron chi connectivity index (χ4n) is 2.26. The number of nitrogen functional groups attached to an aromatic ring is 1. The highest BCUT2D eigenvalue weighted by Crippen LogP contribution is 2.29. The first-order chi connectivity index (χ1) is 10.1. The fourth-order valence-corrected chi connectivity index (χ4v) is 3.28. The highest BCUT2D eigenvalue weighted by Gasteiger charge is 2.34. The van der Waals surface area contributed by atoms with E-state index >= 15 is 0 Å². The lowest BCUT2D eigenvalue weighted by atomic mass is 10.1. The Kier molecular flexibility index (Phi) is 3.43. The van der Waals surface area contributed by atoms with E-state index in [1.165, 1.54) is 16.7 Å². The summed E-state index contributed by atoms with van der Waals surface area (Å²) < 4.78 is 0. The van der Waals surface area contributed by atoms with Gasteiger partial charge in [-0.15, -0.1) is 11.8 Å². The molecule has 0 saturated heterocycles. The van der Waals surface area contributed by atoms with Gasteiger partial charge in [-0.2, -0.15) is 0 Å². The van der Waals surface area contributed by atoms with Gasteiger partial charge in [0.15, 0.2) is 0 Å². The van der Waals surface area contributed by atoms with E-state index in [0.29, 0.717) is 16.8 Å². The van der Waals surface area contributed by atoms with Crippen molar-refractivity contribution in [1.29, 1.82) is 0 Å². The van der Waals surface area contributed by atoms with Crippen LogP contribution in [0.4, 0.5) is 5.69 Å². The number of carbonyl (C=O) groups is 2. The first kappa shape index (κ1) is 13.7. The summed E-state index contributed by atoms with van der Waals surface area (Å²) in [6.07, 6.45) is 0. The summed E-state index contributed by atoms with van der Waals surface area (Å²) in [5, 5.41) is 0. The largest absolute Gasteiger partial charge is 0.399 e. The van der Waals surface area contributed by atoms with Crippen molar-refractivity contribution in [2.24, 2.45) is 0 Å². The SMILES string of the molecule is Cc1ccc(N)cc1SCN1C(=O)c2ccccc2C1=O. The van der Waals surface area contributed by atoms with Crippen LogP contribution in [0.1, 0.15) is 26.3 Å². The third-order valence-electron chi connectivity index (χ3n) is 3.44. The van der Waals surface area contributed by atoms with Crippen LogP contribution in [0.5, 0.6) is 0 Å². The average molecular weight is 298 g/mol. The summed E-state index contributed by atoms with van der Waals surface area (Å²) in [7, 11) is 0. The number of aryl methyl sites for hydroxylation is 1. The number of thioether (sulfide) groups is 1. The molecular weight excluding hydrogens is 284 g/mol. The molecule has 0 bridgehead atoms. The van der Waals surface area contributed by atoms with Crippen molar-refractivity contribution in [3.63, 3.8) is 0 Å².